The zero-order valence-corrected chi connectivity index (χ0v) is 12.1. The molecule has 0 aliphatic carbocycles. The van der Waals surface area contributed by atoms with Crippen LogP contribution >= 0.6 is 0 Å². The van der Waals surface area contributed by atoms with Crippen LogP contribution in [0, 0.1) is 5.92 Å². The predicted molar refractivity (Wildman–Crippen MR) is 76.2 cm³/mol. The molecule has 1 atom stereocenters. The second kappa shape index (κ2) is 5.94. The van der Waals surface area contributed by atoms with Crippen LogP contribution < -0.4 is 11.2 Å². The van der Waals surface area contributed by atoms with E-state index in [-0.39, 0.29) is 23.7 Å². The third-order valence-electron chi connectivity index (χ3n) is 3.02. The SMILES string of the molecule is CCOC(=O)C(CC(C)C)c1nc2[nH]c(=O)[nH]c(=O)c2[nH]1. The van der Waals surface area contributed by atoms with Gasteiger partial charge < -0.3 is 9.72 Å². The Morgan fingerprint density at radius 2 is 1.95 bits per heavy atom. The van der Waals surface area contributed by atoms with E-state index in [4.69, 9.17) is 4.74 Å². The number of carbonyl (C=O) groups is 1. The van der Waals surface area contributed by atoms with Crippen molar-refractivity contribution >= 4 is 17.1 Å². The lowest BCUT2D eigenvalue weighted by atomic mass is 9.96. The maximum atomic E-state index is 12.1. The van der Waals surface area contributed by atoms with Crippen LogP contribution in [-0.2, 0) is 9.53 Å². The first-order chi connectivity index (χ1) is 9.92. The summed E-state index contributed by atoms with van der Waals surface area (Å²) in [5, 5.41) is 0. The van der Waals surface area contributed by atoms with Gasteiger partial charge in [-0.1, -0.05) is 13.8 Å². The summed E-state index contributed by atoms with van der Waals surface area (Å²) in [5.41, 5.74) is -0.929. The van der Waals surface area contributed by atoms with E-state index in [0.29, 0.717) is 12.2 Å². The van der Waals surface area contributed by atoms with Crippen molar-refractivity contribution in [2.75, 3.05) is 6.61 Å². The lowest BCUT2D eigenvalue weighted by Gasteiger charge is -2.15. The number of carbonyl (C=O) groups excluding carboxylic acids is 1. The van der Waals surface area contributed by atoms with Crippen molar-refractivity contribution in [3.05, 3.63) is 26.7 Å². The van der Waals surface area contributed by atoms with Crippen molar-refractivity contribution in [1.82, 2.24) is 19.9 Å². The normalized spacial score (nSPS) is 12.8. The molecule has 0 aliphatic rings. The maximum Gasteiger partial charge on any atom is 0.327 e. The number of H-pyrrole nitrogens is 3. The van der Waals surface area contributed by atoms with E-state index < -0.39 is 23.1 Å². The van der Waals surface area contributed by atoms with E-state index in [1.165, 1.54) is 0 Å². The molecule has 2 aromatic heterocycles. The molecule has 0 saturated heterocycles. The molecular formula is C13H18N4O4. The Balaban J connectivity index is 2.49. The van der Waals surface area contributed by atoms with Gasteiger partial charge in [-0.2, -0.15) is 0 Å². The smallest absolute Gasteiger partial charge is 0.327 e. The Kier molecular flexibility index (Phi) is 4.25. The van der Waals surface area contributed by atoms with Gasteiger partial charge in [-0.3, -0.25) is 19.6 Å². The highest BCUT2D eigenvalue weighted by molar-refractivity contribution is 5.79. The minimum absolute atomic E-state index is 0.136. The second-order valence-electron chi connectivity index (χ2n) is 5.19. The van der Waals surface area contributed by atoms with Gasteiger partial charge >= 0.3 is 11.7 Å². The maximum absolute atomic E-state index is 12.1. The van der Waals surface area contributed by atoms with E-state index >= 15 is 0 Å². The van der Waals surface area contributed by atoms with Gasteiger partial charge in [-0.15, -0.1) is 0 Å². The Morgan fingerprint density at radius 3 is 2.57 bits per heavy atom. The Labute approximate surface area is 119 Å². The molecule has 0 saturated carbocycles. The van der Waals surface area contributed by atoms with Crippen LogP contribution in [0.25, 0.3) is 11.2 Å². The minimum atomic E-state index is -0.637. The molecule has 8 heteroatoms. The molecule has 0 aliphatic heterocycles. The summed E-state index contributed by atoms with van der Waals surface area (Å²) in [6.45, 7) is 5.95. The van der Waals surface area contributed by atoms with Gasteiger partial charge in [0.25, 0.3) is 5.56 Å². The Bertz CT molecular complexity index is 755. The van der Waals surface area contributed by atoms with E-state index in [9.17, 15) is 14.4 Å². The molecule has 2 heterocycles. The van der Waals surface area contributed by atoms with E-state index in [2.05, 4.69) is 19.9 Å². The van der Waals surface area contributed by atoms with E-state index in [1.807, 2.05) is 13.8 Å². The van der Waals surface area contributed by atoms with Crippen molar-refractivity contribution in [3.8, 4) is 0 Å². The number of rotatable bonds is 5. The fraction of sp³-hybridized carbons (Fsp3) is 0.538. The first-order valence-corrected chi connectivity index (χ1v) is 6.81. The molecule has 2 aromatic rings. The lowest BCUT2D eigenvalue weighted by molar-refractivity contribution is -0.145. The van der Waals surface area contributed by atoms with Gasteiger partial charge in [0.2, 0.25) is 0 Å². The molecule has 1 unspecified atom stereocenters. The van der Waals surface area contributed by atoms with Gasteiger partial charge in [0, 0.05) is 0 Å². The number of ether oxygens (including phenoxy) is 1. The number of fused-ring (bicyclic) bond motifs is 1. The first-order valence-electron chi connectivity index (χ1n) is 6.81. The molecule has 8 nitrogen and oxygen atoms in total. The number of imidazole rings is 1. The quantitative estimate of drug-likeness (QED) is 0.698. The second-order valence-corrected chi connectivity index (χ2v) is 5.19. The van der Waals surface area contributed by atoms with Crippen LogP contribution in [0.15, 0.2) is 9.59 Å². The summed E-state index contributed by atoms with van der Waals surface area (Å²) in [7, 11) is 0. The van der Waals surface area contributed by atoms with Crippen molar-refractivity contribution in [1.29, 1.82) is 0 Å². The average molecular weight is 294 g/mol. The first kappa shape index (κ1) is 15.0. The largest absolute Gasteiger partial charge is 0.465 e. The Morgan fingerprint density at radius 1 is 1.24 bits per heavy atom. The Hall–Kier alpha value is -2.38. The van der Waals surface area contributed by atoms with Gasteiger partial charge in [0.15, 0.2) is 5.65 Å². The van der Waals surface area contributed by atoms with Crippen molar-refractivity contribution in [2.24, 2.45) is 5.92 Å². The van der Waals surface area contributed by atoms with Crippen LogP contribution in [0.4, 0.5) is 0 Å². The van der Waals surface area contributed by atoms with Crippen molar-refractivity contribution < 1.29 is 9.53 Å². The van der Waals surface area contributed by atoms with E-state index in [0.717, 1.165) is 0 Å². The summed E-state index contributed by atoms with van der Waals surface area (Å²) in [4.78, 5) is 46.5. The highest BCUT2D eigenvalue weighted by atomic mass is 16.5. The number of hydrogen-bond donors (Lipinski definition) is 3. The zero-order chi connectivity index (χ0) is 15.6. The third-order valence-corrected chi connectivity index (χ3v) is 3.02. The lowest BCUT2D eigenvalue weighted by Crippen LogP contribution is -2.21. The van der Waals surface area contributed by atoms with Crippen LogP contribution in [0.2, 0.25) is 0 Å². The minimum Gasteiger partial charge on any atom is -0.465 e. The number of hydrogen-bond acceptors (Lipinski definition) is 5. The highest BCUT2D eigenvalue weighted by Crippen LogP contribution is 2.24. The molecule has 3 N–H and O–H groups in total. The number of aromatic nitrogens is 4. The van der Waals surface area contributed by atoms with Gasteiger partial charge in [0.1, 0.15) is 17.3 Å². The standard InChI is InChI=1S/C13H18N4O4/c1-4-21-12(19)7(5-6(2)3)9-14-8-10(15-9)16-13(20)17-11(8)18/h6-7H,4-5H2,1-3H3,(H3,14,15,16,17,18,20). The number of nitrogens with one attached hydrogen (secondary N) is 3. The summed E-state index contributed by atoms with van der Waals surface area (Å²) >= 11 is 0. The van der Waals surface area contributed by atoms with Gasteiger partial charge in [-0.25, -0.2) is 9.78 Å². The summed E-state index contributed by atoms with van der Waals surface area (Å²) in [6.07, 6.45) is 0.529. The molecule has 114 valence electrons. The monoisotopic (exact) mass is 294 g/mol. The summed E-state index contributed by atoms with van der Waals surface area (Å²) in [5.74, 6) is -0.432. The molecule has 0 amide bonds. The number of nitrogens with zero attached hydrogens (tertiary/aromatic N) is 1. The molecule has 0 fully saturated rings. The number of esters is 1. The van der Waals surface area contributed by atoms with Crippen molar-refractivity contribution in [2.45, 2.75) is 33.1 Å². The molecule has 0 aromatic carbocycles. The fourth-order valence-electron chi connectivity index (χ4n) is 2.15. The highest BCUT2D eigenvalue weighted by Gasteiger charge is 2.27. The molecular weight excluding hydrogens is 276 g/mol. The zero-order valence-electron chi connectivity index (χ0n) is 12.1. The van der Waals surface area contributed by atoms with Gasteiger partial charge in [-0.05, 0) is 19.3 Å². The third kappa shape index (κ3) is 3.21. The summed E-state index contributed by atoms with van der Waals surface area (Å²) < 4.78 is 5.05. The van der Waals surface area contributed by atoms with E-state index in [1.54, 1.807) is 6.92 Å². The van der Waals surface area contributed by atoms with Crippen molar-refractivity contribution in [3.63, 3.8) is 0 Å². The average Bonchev–Trinajstić information content (AvgIpc) is 2.79. The van der Waals surface area contributed by atoms with Gasteiger partial charge in [0.05, 0.1) is 6.61 Å². The molecule has 2 rings (SSSR count). The molecule has 0 radical (unpaired) electrons. The fourth-order valence-corrected chi connectivity index (χ4v) is 2.15. The topological polar surface area (TPSA) is 121 Å². The summed E-state index contributed by atoms with van der Waals surface area (Å²) in [6, 6.07) is 0. The van der Waals surface area contributed by atoms with Crippen LogP contribution in [0.1, 0.15) is 38.9 Å². The molecule has 0 bridgehead atoms. The van der Waals surface area contributed by atoms with Crippen LogP contribution in [-0.4, -0.2) is 32.5 Å². The molecule has 21 heavy (non-hydrogen) atoms. The predicted octanol–water partition coefficient (Wildman–Crippen LogP) is 0.632. The number of aromatic amines is 3. The molecule has 0 spiro atoms. The van der Waals surface area contributed by atoms with Crippen LogP contribution in [0.5, 0.6) is 0 Å². The van der Waals surface area contributed by atoms with Crippen LogP contribution in [0.3, 0.4) is 0 Å².